The Morgan fingerprint density at radius 3 is 2.47 bits per heavy atom. The second kappa shape index (κ2) is 4.14. The molecular weight excluding hydrogens is 200 g/mol. The summed E-state index contributed by atoms with van der Waals surface area (Å²) in [5, 5.41) is 3.07. The first-order chi connectivity index (χ1) is 7.22. The molecule has 1 fully saturated rings. The van der Waals surface area contributed by atoms with Gasteiger partial charge in [0.1, 0.15) is 17.4 Å². The van der Waals surface area contributed by atoms with Crippen molar-refractivity contribution in [3.05, 3.63) is 29.3 Å². The Bertz CT molecular complexity index is 339. The normalized spacial score (nSPS) is 20.6. The molecule has 0 saturated carbocycles. The molecule has 1 aliphatic heterocycles. The second-order valence-corrected chi connectivity index (χ2v) is 3.65. The van der Waals surface area contributed by atoms with E-state index in [9.17, 15) is 8.78 Å². The van der Waals surface area contributed by atoms with E-state index in [1.807, 2.05) is 0 Å². The van der Waals surface area contributed by atoms with Crippen molar-refractivity contribution >= 4 is 0 Å². The van der Waals surface area contributed by atoms with Crippen LogP contribution >= 0.6 is 0 Å². The molecule has 1 aliphatic rings. The fraction of sp³-hybridized carbons (Fsp3) is 0.455. The van der Waals surface area contributed by atoms with Gasteiger partial charge in [0, 0.05) is 23.7 Å². The molecule has 1 heterocycles. The van der Waals surface area contributed by atoms with Crippen LogP contribution in [0.3, 0.4) is 0 Å². The van der Waals surface area contributed by atoms with Gasteiger partial charge in [0.05, 0.1) is 7.11 Å². The highest BCUT2D eigenvalue weighted by molar-refractivity contribution is 5.32. The van der Waals surface area contributed by atoms with E-state index >= 15 is 0 Å². The summed E-state index contributed by atoms with van der Waals surface area (Å²) in [5.41, 5.74) is 0.133. The van der Waals surface area contributed by atoms with Gasteiger partial charge in [0.15, 0.2) is 0 Å². The lowest BCUT2D eigenvalue weighted by atomic mass is 10.0. The van der Waals surface area contributed by atoms with Gasteiger partial charge in [-0.1, -0.05) is 0 Å². The van der Waals surface area contributed by atoms with Crippen molar-refractivity contribution in [2.75, 3.05) is 13.7 Å². The molecule has 0 radical (unpaired) electrons. The first kappa shape index (κ1) is 10.4. The van der Waals surface area contributed by atoms with Crippen molar-refractivity contribution in [1.82, 2.24) is 5.32 Å². The Hall–Kier alpha value is -1.16. The number of nitrogens with one attached hydrogen (secondary N) is 1. The van der Waals surface area contributed by atoms with Gasteiger partial charge in [0.25, 0.3) is 0 Å². The summed E-state index contributed by atoms with van der Waals surface area (Å²) < 4.78 is 32.0. The van der Waals surface area contributed by atoms with Crippen molar-refractivity contribution in [3.63, 3.8) is 0 Å². The first-order valence-corrected chi connectivity index (χ1v) is 4.98. The summed E-state index contributed by atoms with van der Waals surface area (Å²) in [6, 6.07) is 2.24. The summed E-state index contributed by atoms with van der Waals surface area (Å²) in [6.07, 6.45) is 1.73. The number of halogens is 2. The van der Waals surface area contributed by atoms with Gasteiger partial charge in [-0.25, -0.2) is 8.78 Å². The zero-order chi connectivity index (χ0) is 10.8. The highest BCUT2D eigenvalue weighted by Gasteiger charge is 2.23. The maximum absolute atomic E-state index is 13.6. The molecule has 0 amide bonds. The van der Waals surface area contributed by atoms with E-state index in [2.05, 4.69) is 5.32 Å². The molecule has 82 valence electrons. The lowest BCUT2D eigenvalue weighted by Crippen LogP contribution is -2.16. The molecular formula is C11H13F2NO. The van der Waals surface area contributed by atoms with Crippen molar-refractivity contribution in [2.24, 2.45) is 0 Å². The fourth-order valence-electron chi connectivity index (χ4n) is 1.94. The van der Waals surface area contributed by atoms with Gasteiger partial charge in [-0.15, -0.1) is 0 Å². The van der Waals surface area contributed by atoms with Gasteiger partial charge >= 0.3 is 0 Å². The number of hydrogen-bond acceptors (Lipinski definition) is 2. The van der Waals surface area contributed by atoms with Crippen LogP contribution in [0.15, 0.2) is 12.1 Å². The minimum absolute atomic E-state index is 0.133. The quantitative estimate of drug-likeness (QED) is 0.814. The highest BCUT2D eigenvalue weighted by Crippen LogP contribution is 2.30. The maximum atomic E-state index is 13.6. The molecule has 0 spiro atoms. The summed E-state index contributed by atoms with van der Waals surface area (Å²) in [4.78, 5) is 0. The monoisotopic (exact) mass is 213 g/mol. The third-order valence-electron chi connectivity index (χ3n) is 2.70. The summed E-state index contributed by atoms with van der Waals surface area (Å²) in [5.74, 6) is -0.857. The van der Waals surface area contributed by atoms with Crippen LogP contribution in [0.1, 0.15) is 24.4 Å². The van der Waals surface area contributed by atoms with Crippen LogP contribution < -0.4 is 10.1 Å². The van der Waals surface area contributed by atoms with Gasteiger partial charge < -0.3 is 10.1 Å². The van der Waals surface area contributed by atoms with Gasteiger partial charge in [-0.05, 0) is 19.4 Å². The zero-order valence-electron chi connectivity index (χ0n) is 8.52. The molecule has 2 nitrogen and oxygen atoms in total. The van der Waals surface area contributed by atoms with Crippen molar-refractivity contribution in [1.29, 1.82) is 0 Å². The smallest absolute Gasteiger partial charge is 0.134 e. The lowest BCUT2D eigenvalue weighted by molar-refractivity contribution is 0.402. The Balaban J connectivity index is 2.37. The van der Waals surface area contributed by atoms with Crippen LogP contribution in [0, 0.1) is 11.6 Å². The van der Waals surface area contributed by atoms with E-state index in [1.54, 1.807) is 0 Å². The molecule has 1 unspecified atom stereocenters. The molecule has 0 aliphatic carbocycles. The van der Waals surface area contributed by atoms with E-state index in [1.165, 1.54) is 19.2 Å². The summed E-state index contributed by atoms with van der Waals surface area (Å²) in [6.45, 7) is 0.815. The molecule has 0 bridgehead atoms. The Kier molecular flexibility index (Phi) is 2.86. The predicted octanol–water partition coefficient (Wildman–Crippen LogP) is 2.40. The summed E-state index contributed by atoms with van der Waals surface area (Å²) >= 11 is 0. The standard InChI is InChI=1S/C11H13F2NO/c1-15-7-5-8(12)11(9(13)6-7)10-3-2-4-14-10/h5-6,10,14H,2-4H2,1H3. The lowest BCUT2D eigenvalue weighted by Gasteiger charge is -2.13. The first-order valence-electron chi connectivity index (χ1n) is 4.98. The molecule has 4 heteroatoms. The van der Waals surface area contributed by atoms with E-state index < -0.39 is 11.6 Å². The third-order valence-corrected chi connectivity index (χ3v) is 2.70. The van der Waals surface area contributed by atoms with E-state index in [4.69, 9.17) is 4.74 Å². The predicted molar refractivity (Wildman–Crippen MR) is 52.9 cm³/mol. The van der Waals surface area contributed by atoms with Crippen LogP contribution in [0.25, 0.3) is 0 Å². The average molecular weight is 213 g/mol. The van der Waals surface area contributed by atoms with Gasteiger partial charge in [-0.3, -0.25) is 0 Å². The van der Waals surface area contributed by atoms with Crippen LogP contribution in [-0.2, 0) is 0 Å². The third kappa shape index (κ3) is 1.95. The Morgan fingerprint density at radius 2 is 2.00 bits per heavy atom. The number of hydrogen-bond donors (Lipinski definition) is 1. The molecule has 1 saturated heterocycles. The zero-order valence-corrected chi connectivity index (χ0v) is 8.52. The van der Waals surface area contributed by atoms with Gasteiger partial charge in [0.2, 0.25) is 0 Å². The molecule has 1 aromatic carbocycles. The Morgan fingerprint density at radius 1 is 1.33 bits per heavy atom. The van der Waals surface area contributed by atoms with Crippen LogP contribution in [-0.4, -0.2) is 13.7 Å². The van der Waals surface area contributed by atoms with Crippen LogP contribution in [0.2, 0.25) is 0 Å². The molecule has 2 rings (SSSR count). The highest BCUT2D eigenvalue weighted by atomic mass is 19.1. The number of benzene rings is 1. The summed E-state index contributed by atoms with van der Waals surface area (Å²) in [7, 11) is 1.39. The van der Waals surface area contributed by atoms with E-state index in [0.717, 1.165) is 19.4 Å². The van der Waals surface area contributed by atoms with Crippen LogP contribution in [0.5, 0.6) is 5.75 Å². The molecule has 15 heavy (non-hydrogen) atoms. The number of ether oxygens (including phenoxy) is 1. The minimum Gasteiger partial charge on any atom is -0.497 e. The minimum atomic E-state index is -0.536. The maximum Gasteiger partial charge on any atom is 0.134 e. The fourth-order valence-corrected chi connectivity index (χ4v) is 1.94. The molecule has 1 aromatic rings. The second-order valence-electron chi connectivity index (χ2n) is 3.65. The van der Waals surface area contributed by atoms with E-state index in [-0.39, 0.29) is 17.4 Å². The SMILES string of the molecule is COc1cc(F)c(C2CCCN2)c(F)c1. The van der Waals surface area contributed by atoms with E-state index in [0.29, 0.717) is 0 Å². The van der Waals surface area contributed by atoms with Gasteiger partial charge in [-0.2, -0.15) is 0 Å². The molecule has 0 aromatic heterocycles. The number of rotatable bonds is 2. The van der Waals surface area contributed by atoms with Crippen molar-refractivity contribution in [2.45, 2.75) is 18.9 Å². The Labute approximate surface area is 87.2 Å². The van der Waals surface area contributed by atoms with Crippen molar-refractivity contribution in [3.8, 4) is 5.75 Å². The van der Waals surface area contributed by atoms with Crippen molar-refractivity contribution < 1.29 is 13.5 Å². The largest absolute Gasteiger partial charge is 0.497 e. The topological polar surface area (TPSA) is 21.3 Å². The molecule has 1 atom stereocenters. The molecule has 1 N–H and O–H groups in total. The average Bonchev–Trinajstić information content (AvgIpc) is 2.69. The number of methoxy groups -OCH3 is 1. The van der Waals surface area contributed by atoms with Crippen LogP contribution in [0.4, 0.5) is 8.78 Å².